The van der Waals surface area contributed by atoms with E-state index < -0.39 is 23.7 Å². The van der Waals surface area contributed by atoms with Crippen molar-refractivity contribution in [3.63, 3.8) is 0 Å². The van der Waals surface area contributed by atoms with Gasteiger partial charge in [-0.15, -0.1) is 0 Å². The Morgan fingerprint density at radius 2 is 1.76 bits per heavy atom. The van der Waals surface area contributed by atoms with Crippen molar-refractivity contribution in [3.05, 3.63) is 29.8 Å². The fourth-order valence-electron chi connectivity index (χ4n) is 2.06. The van der Waals surface area contributed by atoms with Crippen molar-refractivity contribution in [2.75, 3.05) is 27.3 Å². The summed E-state index contributed by atoms with van der Waals surface area (Å²) in [6.45, 7) is 5.97. The number of hydrogen-bond acceptors (Lipinski definition) is 6. The van der Waals surface area contributed by atoms with Crippen LogP contribution in [-0.2, 0) is 20.7 Å². The lowest BCUT2D eigenvalue weighted by molar-refractivity contribution is -0.142. The zero-order valence-electron chi connectivity index (χ0n) is 15.5. The van der Waals surface area contributed by atoms with Crippen LogP contribution in [0.1, 0.15) is 26.3 Å². The van der Waals surface area contributed by atoms with Crippen molar-refractivity contribution in [1.29, 1.82) is 0 Å². The first-order chi connectivity index (χ1) is 11.7. The number of carbonyl (C=O) groups is 2. The van der Waals surface area contributed by atoms with Crippen LogP contribution >= 0.6 is 0 Å². The number of ether oxygens (including phenoxy) is 3. The van der Waals surface area contributed by atoms with Gasteiger partial charge in [-0.2, -0.15) is 0 Å². The van der Waals surface area contributed by atoms with Gasteiger partial charge in [0.2, 0.25) is 0 Å². The summed E-state index contributed by atoms with van der Waals surface area (Å²) in [4.78, 5) is 23.5. The second-order valence-electron chi connectivity index (χ2n) is 6.51. The van der Waals surface area contributed by atoms with Gasteiger partial charge in [-0.3, -0.25) is 4.79 Å². The van der Waals surface area contributed by atoms with Crippen molar-refractivity contribution in [1.82, 2.24) is 10.6 Å². The van der Waals surface area contributed by atoms with Gasteiger partial charge in [0.1, 0.15) is 17.4 Å². The van der Waals surface area contributed by atoms with Gasteiger partial charge in [0, 0.05) is 13.1 Å². The summed E-state index contributed by atoms with van der Waals surface area (Å²) in [5.41, 5.74) is 0.518. The van der Waals surface area contributed by atoms with E-state index in [-0.39, 0.29) is 6.54 Å². The van der Waals surface area contributed by atoms with Crippen molar-refractivity contribution in [2.24, 2.45) is 0 Å². The number of rotatable bonds is 8. The van der Waals surface area contributed by atoms with E-state index in [0.717, 1.165) is 17.7 Å². The summed E-state index contributed by atoms with van der Waals surface area (Å²) in [6.07, 6.45) is 0.155. The molecular formula is C18H28N2O5. The van der Waals surface area contributed by atoms with Crippen molar-refractivity contribution in [2.45, 2.75) is 38.8 Å². The molecule has 0 radical (unpaired) electrons. The van der Waals surface area contributed by atoms with Gasteiger partial charge >= 0.3 is 12.1 Å². The van der Waals surface area contributed by atoms with E-state index in [1.807, 2.05) is 24.3 Å². The molecule has 140 valence electrons. The predicted molar refractivity (Wildman–Crippen MR) is 94.7 cm³/mol. The van der Waals surface area contributed by atoms with Crippen LogP contribution in [0.5, 0.6) is 5.75 Å². The minimum atomic E-state index is -0.643. The molecule has 0 spiro atoms. The van der Waals surface area contributed by atoms with E-state index in [2.05, 4.69) is 10.6 Å². The number of amides is 1. The van der Waals surface area contributed by atoms with E-state index in [9.17, 15) is 9.59 Å². The predicted octanol–water partition coefficient (Wildman–Crippen LogP) is 1.89. The fourth-order valence-corrected chi connectivity index (χ4v) is 2.06. The molecule has 7 heteroatoms. The molecule has 1 amide bonds. The van der Waals surface area contributed by atoms with Gasteiger partial charge < -0.3 is 24.8 Å². The van der Waals surface area contributed by atoms with Crippen LogP contribution in [0.2, 0.25) is 0 Å². The molecule has 1 rings (SSSR count). The standard InChI is InChI=1S/C18H28N2O5/c1-18(2,3)25-17(22)20-12-15(16(21)24-5)19-11-10-13-6-8-14(23-4)9-7-13/h6-9,15,19H,10-12H2,1-5H3,(H,20,22). The first-order valence-corrected chi connectivity index (χ1v) is 8.16. The Hall–Kier alpha value is -2.28. The van der Waals surface area contributed by atoms with E-state index in [1.165, 1.54) is 7.11 Å². The summed E-state index contributed by atoms with van der Waals surface area (Å²) in [5.74, 6) is 0.358. The SMILES string of the molecule is COC(=O)C(CNC(=O)OC(C)(C)C)NCCc1ccc(OC)cc1. The number of nitrogens with one attached hydrogen (secondary N) is 2. The molecule has 0 heterocycles. The van der Waals surface area contributed by atoms with Crippen molar-refractivity contribution >= 4 is 12.1 Å². The Labute approximate surface area is 149 Å². The molecule has 0 fully saturated rings. The molecule has 25 heavy (non-hydrogen) atoms. The fraction of sp³-hybridized carbons (Fsp3) is 0.556. The lowest BCUT2D eigenvalue weighted by Gasteiger charge is -2.21. The number of alkyl carbamates (subject to hydrolysis) is 1. The second kappa shape index (κ2) is 9.88. The largest absolute Gasteiger partial charge is 0.497 e. The minimum absolute atomic E-state index is 0.0875. The Bertz CT molecular complexity index is 552. The van der Waals surface area contributed by atoms with Crippen LogP contribution in [-0.4, -0.2) is 51.0 Å². The highest BCUT2D eigenvalue weighted by Crippen LogP contribution is 2.11. The summed E-state index contributed by atoms with van der Waals surface area (Å²) in [6, 6.07) is 7.06. The zero-order chi connectivity index (χ0) is 18.9. The molecule has 1 atom stereocenters. The lowest BCUT2D eigenvalue weighted by Crippen LogP contribution is -2.48. The normalized spacial score (nSPS) is 12.2. The minimum Gasteiger partial charge on any atom is -0.497 e. The summed E-state index contributed by atoms with van der Waals surface area (Å²) < 4.78 is 15.0. The molecule has 1 aromatic rings. The molecule has 0 bridgehead atoms. The van der Waals surface area contributed by atoms with Crippen LogP contribution in [0.15, 0.2) is 24.3 Å². The quantitative estimate of drug-likeness (QED) is 0.695. The van der Waals surface area contributed by atoms with Crippen LogP contribution in [0, 0.1) is 0 Å². The average molecular weight is 352 g/mol. The van der Waals surface area contributed by atoms with Crippen LogP contribution in [0.25, 0.3) is 0 Å². The molecule has 0 aliphatic rings. The number of benzene rings is 1. The Kier molecular flexibility index (Phi) is 8.21. The maximum absolute atomic E-state index is 11.8. The average Bonchev–Trinajstić information content (AvgIpc) is 2.56. The Morgan fingerprint density at radius 1 is 1.12 bits per heavy atom. The maximum atomic E-state index is 11.8. The number of carbonyl (C=O) groups excluding carboxylic acids is 2. The molecule has 1 unspecified atom stereocenters. The van der Waals surface area contributed by atoms with Crippen molar-refractivity contribution in [3.8, 4) is 5.75 Å². The molecule has 0 saturated heterocycles. The Balaban J connectivity index is 2.47. The maximum Gasteiger partial charge on any atom is 0.407 e. The van der Waals surface area contributed by atoms with Crippen LogP contribution < -0.4 is 15.4 Å². The molecule has 7 nitrogen and oxygen atoms in total. The highest BCUT2D eigenvalue weighted by atomic mass is 16.6. The van der Waals surface area contributed by atoms with Gasteiger partial charge in [0.05, 0.1) is 14.2 Å². The zero-order valence-corrected chi connectivity index (χ0v) is 15.5. The first kappa shape index (κ1) is 20.8. The Morgan fingerprint density at radius 3 is 2.28 bits per heavy atom. The monoisotopic (exact) mass is 352 g/mol. The highest BCUT2D eigenvalue weighted by molar-refractivity contribution is 5.77. The summed E-state index contributed by atoms with van der Waals surface area (Å²) in [5, 5.41) is 5.67. The van der Waals surface area contributed by atoms with Gasteiger partial charge in [-0.05, 0) is 44.9 Å². The van der Waals surface area contributed by atoms with E-state index >= 15 is 0 Å². The first-order valence-electron chi connectivity index (χ1n) is 8.16. The number of esters is 1. The van der Waals surface area contributed by atoms with Gasteiger partial charge in [0.25, 0.3) is 0 Å². The molecule has 0 aromatic heterocycles. The van der Waals surface area contributed by atoms with E-state index in [4.69, 9.17) is 14.2 Å². The van der Waals surface area contributed by atoms with Gasteiger partial charge in [-0.1, -0.05) is 12.1 Å². The van der Waals surface area contributed by atoms with Crippen molar-refractivity contribution < 1.29 is 23.8 Å². The number of hydrogen-bond donors (Lipinski definition) is 2. The summed E-state index contributed by atoms with van der Waals surface area (Å²) >= 11 is 0. The van der Waals surface area contributed by atoms with Crippen LogP contribution in [0.4, 0.5) is 4.79 Å². The molecule has 2 N–H and O–H groups in total. The third kappa shape index (κ3) is 8.39. The molecule has 1 aromatic carbocycles. The van der Waals surface area contributed by atoms with E-state index in [1.54, 1.807) is 27.9 Å². The highest BCUT2D eigenvalue weighted by Gasteiger charge is 2.21. The molecular weight excluding hydrogens is 324 g/mol. The molecule has 0 aliphatic heterocycles. The van der Waals surface area contributed by atoms with Crippen LogP contribution in [0.3, 0.4) is 0 Å². The van der Waals surface area contributed by atoms with Gasteiger partial charge in [0.15, 0.2) is 0 Å². The second-order valence-corrected chi connectivity index (χ2v) is 6.51. The lowest BCUT2D eigenvalue weighted by atomic mass is 10.1. The van der Waals surface area contributed by atoms with E-state index in [0.29, 0.717) is 6.54 Å². The van der Waals surface area contributed by atoms with Gasteiger partial charge in [-0.25, -0.2) is 4.79 Å². The third-order valence-corrected chi connectivity index (χ3v) is 3.30. The topological polar surface area (TPSA) is 85.9 Å². The molecule has 0 saturated carbocycles. The third-order valence-electron chi connectivity index (χ3n) is 3.30. The smallest absolute Gasteiger partial charge is 0.407 e. The number of methoxy groups -OCH3 is 2. The summed E-state index contributed by atoms with van der Waals surface area (Å²) in [7, 11) is 2.93. The molecule has 0 aliphatic carbocycles.